The van der Waals surface area contributed by atoms with Crippen molar-refractivity contribution in [3.63, 3.8) is 0 Å². The van der Waals surface area contributed by atoms with Crippen molar-refractivity contribution in [3.8, 4) is 6.07 Å². The normalized spacial score (nSPS) is 11.8. The average molecular weight is 360 g/mol. The SMILES string of the molecule is C=CCN(Cc1ccc(Cl)s1)[C@@H](C)C(=O)Nc1ccc(C#N)cc1. The highest BCUT2D eigenvalue weighted by atomic mass is 35.5. The maximum atomic E-state index is 12.5. The van der Waals surface area contributed by atoms with E-state index in [0.29, 0.717) is 24.3 Å². The molecular formula is C18H18ClN3OS. The zero-order valence-corrected chi connectivity index (χ0v) is 14.9. The van der Waals surface area contributed by atoms with E-state index in [1.807, 2.05) is 24.0 Å². The van der Waals surface area contributed by atoms with Crippen LogP contribution >= 0.6 is 22.9 Å². The van der Waals surface area contributed by atoms with Gasteiger partial charge in [0.15, 0.2) is 0 Å². The molecule has 4 nitrogen and oxygen atoms in total. The number of nitriles is 1. The van der Waals surface area contributed by atoms with E-state index in [4.69, 9.17) is 16.9 Å². The summed E-state index contributed by atoms with van der Waals surface area (Å²) in [5, 5.41) is 11.7. The second-order valence-electron chi connectivity index (χ2n) is 5.28. The van der Waals surface area contributed by atoms with E-state index in [-0.39, 0.29) is 11.9 Å². The fourth-order valence-corrected chi connectivity index (χ4v) is 3.32. The van der Waals surface area contributed by atoms with Crippen LogP contribution in [-0.4, -0.2) is 23.4 Å². The first-order chi connectivity index (χ1) is 11.5. The zero-order chi connectivity index (χ0) is 17.5. The summed E-state index contributed by atoms with van der Waals surface area (Å²) in [6.45, 7) is 6.85. The predicted octanol–water partition coefficient (Wildman–Crippen LogP) is 4.29. The minimum atomic E-state index is -0.334. The highest BCUT2D eigenvalue weighted by Gasteiger charge is 2.21. The zero-order valence-electron chi connectivity index (χ0n) is 13.3. The van der Waals surface area contributed by atoms with Crippen LogP contribution in [0.4, 0.5) is 5.69 Å². The number of nitrogens with zero attached hydrogens (tertiary/aromatic N) is 2. The molecule has 0 saturated heterocycles. The summed E-state index contributed by atoms with van der Waals surface area (Å²) < 4.78 is 0.734. The van der Waals surface area contributed by atoms with E-state index < -0.39 is 0 Å². The lowest BCUT2D eigenvalue weighted by Crippen LogP contribution is -2.41. The lowest BCUT2D eigenvalue weighted by atomic mass is 10.2. The Kier molecular flexibility index (Phi) is 6.56. The summed E-state index contributed by atoms with van der Waals surface area (Å²) in [4.78, 5) is 15.6. The van der Waals surface area contributed by atoms with Crippen molar-refractivity contribution >= 4 is 34.5 Å². The number of rotatable bonds is 7. The first-order valence-electron chi connectivity index (χ1n) is 7.43. The Labute approximate surface area is 151 Å². The second kappa shape index (κ2) is 8.65. The molecule has 0 spiro atoms. The van der Waals surface area contributed by atoms with Crippen LogP contribution in [0.3, 0.4) is 0 Å². The fraction of sp³-hybridized carbons (Fsp3) is 0.222. The molecule has 0 unspecified atom stereocenters. The highest BCUT2D eigenvalue weighted by Crippen LogP contribution is 2.23. The third-order valence-electron chi connectivity index (χ3n) is 3.56. The van der Waals surface area contributed by atoms with E-state index in [1.165, 1.54) is 11.3 Å². The van der Waals surface area contributed by atoms with E-state index in [0.717, 1.165) is 9.21 Å². The molecule has 0 aliphatic rings. The summed E-state index contributed by atoms with van der Waals surface area (Å²) in [7, 11) is 0. The molecule has 1 aromatic heterocycles. The van der Waals surface area contributed by atoms with Crippen molar-refractivity contribution < 1.29 is 4.79 Å². The Morgan fingerprint density at radius 1 is 1.42 bits per heavy atom. The Morgan fingerprint density at radius 3 is 2.67 bits per heavy atom. The van der Waals surface area contributed by atoms with Gasteiger partial charge in [0.2, 0.25) is 5.91 Å². The third kappa shape index (κ3) is 4.93. The molecule has 124 valence electrons. The van der Waals surface area contributed by atoms with Gasteiger partial charge in [-0.15, -0.1) is 17.9 Å². The van der Waals surface area contributed by atoms with Gasteiger partial charge in [0, 0.05) is 23.7 Å². The Bertz CT molecular complexity index is 748. The Balaban J connectivity index is 2.04. The molecule has 24 heavy (non-hydrogen) atoms. The molecule has 2 rings (SSSR count). The lowest BCUT2D eigenvalue weighted by molar-refractivity contribution is -0.120. The monoisotopic (exact) mass is 359 g/mol. The first kappa shape index (κ1) is 18.2. The lowest BCUT2D eigenvalue weighted by Gasteiger charge is -2.26. The Morgan fingerprint density at radius 2 is 2.12 bits per heavy atom. The summed E-state index contributed by atoms with van der Waals surface area (Å²) in [5.74, 6) is -0.107. The van der Waals surface area contributed by atoms with Gasteiger partial charge in [0.25, 0.3) is 0 Å². The number of hydrogen-bond donors (Lipinski definition) is 1. The molecule has 6 heteroatoms. The number of carbonyl (C=O) groups excluding carboxylic acids is 1. The molecule has 1 heterocycles. The summed E-state index contributed by atoms with van der Waals surface area (Å²) in [5.41, 5.74) is 1.23. The van der Waals surface area contributed by atoms with Gasteiger partial charge in [-0.05, 0) is 43.3 Å². The number of halogens is 1. The van der Waals surface area contributed by atoms with Gasteiger partial charge in [-0.2, -0.15) is 5.26 Å². The quantitative estimate of drug-likeness (QED) is 0.750. The molecule has 0 aliphatic heterocycles. The molecule has 1 aromatic carbocycles. The number of nitrogens with one attached hydrogen (secondary N) is 1. The van der Waals surface area contributed by atoms with E-state index in [9.17, 15) is 4.79 Å². The molecule has 0 fully saturated rings. The molecule has 1 amide bonds. The van der Waals surface area contributed by atoms with Crippen LogP contribution in [0.15, 0.2) is 49.1 Å². The number of thiophene rings is 1. The molecule has 1 atom stereocenters. The molecule has 0 saturated carbocycles. The maximum absolute atomic E-state index is 12.5. The van der Waals surface area contributed by atoms with Crippen LogP contribution in [0.25, 0.3) is 0 Å². The van der Waals surface area contributed by atoms with Crippen molar-refractivity contribution in [2.75, 3.05) is 11.9 Å². The van der Waals surface area contributed by atoms with E-state index in [2.05, 4.69) is 18.0 Å². The van der Waals surface area contributed by atoms with Gasteiger partial charge in [-0.25, -0.2) is 0 Å². The smallest absolute Gasteiger partial charge is 0.241 e. The first-order valence-corrected chi connectivity index (χ1v) is 8.63. The standard InChI is InChI=1S/C18H18ClN3OS/c1-3-10-22(12-16-8-9-17(19)24-16)13(2)18(23)21-15-6-4-14(11-20)5-7-15/h3-9,13H,1,10,12H2,2H3,(H,21,23)/t13-/m0/s1. The van der Waals surface area contributed by atoms with Crippen LogP contribution in [0.5, 0.6) is 0 Å². The topological polar surface area (TPSA) is 56.1 Å². The number of hydrogen-bond acceptors (Lipinski definition) is 4. The fourth-order valence-electron chi connectivity index (χ4n) is 2.20. The largest absolute Gasteiger partial charge is 0.325 e. The molecule has 0 aliphatic carbocycles. The third-order valence-corrected chi connectivity index (χ3v) is 4.78. The molecule has 0 radical (unpaired) electrons. The van der Waals surface area contributed by atoms with Gasteiger partial charge in [-0.1, -0.05) is 17.7 Å². The molecule has 2 aromatic rings. The molecular weight excluding hydrogens is 342 g/mol. The van der Waals surface area contributed by atoms with Crippen LogP contribution in [-0.2, 0) is 11.3 Å². The van der Waals surface area contributed by atoms with Gasteiger partial charge in [0.1, 0.15) is 0 Å². The van der Waals surface area contributed by atoms with Gasteiger partial charge >= 0.3 is 0 Å². The number of amides is 1. The maximum Gasteiger partial charge on any atom is 0.241 e. The second-order valence-corrected chi connectivity index (χ2v) is 7.08. The van der Waals surface area contributed by atoms with Crippen molar-refractivity contribution in [1.82, 2.24) is 4.90 Å². The van der Waals surface area contributed by atoms with Gasteiger partial charge in [-0.3, -0.25) is 9.69 Å². The van der Waals surface area contributed by atoms with Gasteiger partial charge < -0.3 is 5.32 Å². The van der Waals surface area contributed by atoms with Crippen LogP contribution < -0.4 is 5.32 Å². The van der Waals surface area contributed by atoms with Crippen molar-refractivity contribution in [1.29, 1.82) is 5.26 Å². The van der Waals surface area contributed by atoms with Crippen LogP contribution in [0, 0.1) is 11.3 Å². The predicted molar refractivity (Wildman–Crippen MR) is 99.2 cm³/mol. The van der Waals surface area contributed by atoms with Crippen LogP contribution in [0.2, 0.25) is 4.34 Å². The van der Waals surface area contributed by atoms with E-state index >= 15 is 0 Å². The van der Waals surface area contributed by atoms with Crippen molar-refractivity contribution in [3.05, 3.63) is 63.8 Å². The average Bonchev–Trinajstić information content (AvgIpc) is 2.99. The summed E-state index contributed by atoms with van der Waals surface area (Å²) >= 11 is 7.48. The molecule has 0 bridgehead atoms. The minimum absolute atomic E-state index is 0.107. The number of benzene rings is 1. The van der Waals surface area contributed by atoms with Gasteiger partial charge in [0.05, 0.1) is 22.0 Å². The number of anilines is 1. The van der Waals surface area contributed by atoms with Crippen LogP contribution in [0.1, 0.15) is 17.4 Å². The summed E-state index contributed by atoms with van der Waals surface area (Å²) in [6.07, 6.45) is 1.78. The van der Waals surface area contributed by atoms with Crippen molar-refractivity contribution in [2.45, 2.75) is 19.5 Å². The highest BCUT2D eigenvalue weighted by molar-refractivity contribution is 7.16. The minimum Gasteiger partial charge on any atom is -0.325 e. The molecule has 1 N–H and O–H groups in total. The summed E-state index contributed by atoms with van der Waals surface area (Å²) in [6, 6.07) is 12.3. The van der Waals surface area contributed by atoms with E-state index in [1.54, 1.807) is 30.3 Å². The number of carbonyl (C=O) groups is 1. The van der Waals surface area contributed by atoms with Crippen molar-refractivity contribution in [2.24, 2.45) is 0 Å². The Hall–Kier alpha value is -2.13.